The van der Waals surface area contributed by atoms with Crippen LogP contribution in [0.1, 0.15) is 25.0 Å². The van der Waals surface area contributed by atoms with Crippen LogP contribution in [0.5, 0.6) is 0 Å². The molecule has 1 aliphatic heterocycles. The molecule has 1 aromatic rings. The largest absolute Gasteiger partial charge is 0.356 e. The van der Waals surface area contributed by atoms with E-state index in [4.69, 9.17) is 0 Å². The third kappa shape index (κ3) is 4.76. The Balaban J connectivity index is 1.40. The van der Waals surface area contributed by atoms with E-state index in [2.05, 4.69) is 15.6 Å². The summed E-state index contributed by atoms with van der Waals surface area (Å²) in [5.74, 6) is 0.674. The summed E-state index contributed by atoms with van der Waals surface area (Å²) in [4.78, 5) is 30.6. The SMILES string of the molecule is O=C(CC1NCCN(CC2CC2)C1=O)NCCc1ccccn1. The summed E-state index contributed by atoms with van der Waals surface area (Å²) in [5.41, 5.74) is 0.954. The summed E-state index contributed by atoms with van der Waals surface area (Å²) < 4.78 is 0. The molecule has 1 saturated carbocycles. The summed E-state index contributed by atoms with van der Waals surface area (Å²) in [5, 5.41) is 6.04. The fourth-order valence-corrected chi connectivity index (χ4v) is 2.88. The molecule has 0 bridgehead atoms. The number of pyridine rings is 1. The molecule has 3 rings (SSSR count). The van der Waals surface area contributed by atoms with Gasteiger partial charge in [-0.25, -0.2) is 0 Å². The van der Waals surface area contributed by atoms with Crippen molar-refractivity contribution in [3.8, 4) is 0 Å². The lowest BCUT2D eigenvalue weighted by Gasteiger charge is -2.33. The third-order valence-corrected chi connectivity index (χ3v) is 4.38. The molecule has 2 aliphatic rings. The Labute approximate surface area is 136 Å². The Morgan fingerprint density at radius 2 is 2.26 bits per heavy atom. The summed E-state index contributed by atoms with van der Waals surface area (Å²) in [6.45, 7) is 2.93. The maximum atomic E-state index is 12.4. The van der Waals surface area contributed by atoms with Gasteiger partial charge in [0.05, 0.1) is 12.5 Å². The van der Waals surface area contributed by atoms with Crippen molar-refractivity contribution in [1.29, 1.82) is 0 Å². The first-order valence-electron chi connectivity index (χ1n) is 8.41. The molecule has 1 aromatic heterocycles. The molecule has 2 heterocycles. The van der Waals surface area contributed by atoms with Gasteiger partial charge in [0.15, 0.2) is 0 Å². The van der Waals surface area contributed by atoms with Gasteiger partial charge in [-0.3, -0.25) is 14.6 Å². The molecule has 23 heavy (non-hydrogen) atoms. The van der Waals surface area contributed by atoms with Gasteiger partial charge in [-0.1, -0.05) is 6.07 Å². The zero-order valence-corrected chi connectivity index (χ0v) is 13.3. The molecule has 1 unspecified atom stereocenters. The molecule has 0 aromatic carbocycles. The third-order valence-electron chi connectivity index (χ3n) is 4.38. The number of rotatable bonds is 7. The van der Waals surface area contributed by atoms with Crippen molar-refractivity contribution in [3.05, 3.63) is 30.1 Å². The Morgan fingerprint density at radius 3 is 3.00 bits per heavy atom. The molecule has 0 spiro atoms. The van der Waals surface area contributed by atoms with Crippen molar-refractivity contribution >= 4 is 11.8 Å². The standard InChI is InChI=1S/C17H24N4O2/c22-16(20-8-6-14-3-1-2-7-18-14)11-15-17(23)21(10-9-19-15)12-13-4-5-13/h1-3,7,13,15,19H,4-6,8-12H2,(H,20,22). The van der Waals surface area contributed by atoms with Gasteiger partial charge >= 0.3 is 0 Å². The second kappa shape index (κ2) is 7.55. The van der Waals surface area contributed by atoms with E-state index >= 15 is 0 Å². The maximum Gasteiger partial charge on any atom is 0.240 e. The molecule has 0 radical (unpaired) electrons. The van der Waals surface area contributed by atoms with Gasteiger partial charge in [0, 0.05) is 44.5 Å². The van der Waals surface area contributed by atoms with Crippen LogP contribution in [0.4, 0.5) is 0 Å². The van der Waals surface area contributed by atoms with Gasteiger partial charge in [0.2, 0.25) is 11.8 Å². The number of nitrogens with zero attached hydrogens (tertiary/aromatic N) is 2. The fourth-order valence-electron chi connectivity index (χ4n) is 2.88. The van der Waals surface area contributed by atoms with E-state index in [0.717, 1.165) is 25.3 Å². The number of nitrogens with one attached hydrogen (secondary N) is 2. The van der Waals surface area contributed by atoms with Crippen LogP contribution in [-0.2, 0) is 16.0 Å². The number of hydrogen-bond donors (Lipinski definition) is 2. The molecule has 6 nitrogen and oxygen atoms in total. The lowest BCUT2D eigenvalue weighted by molar-refractivity contribution is -0.138. The Morgan fingerprint density at radius 1 is 1.39 bits per heavy atom. The van der Waals surface area contributed by atoms with E-state index in [1.54, 1.807) is 6.20 Å². The van der Waals surface area contributed by atoms with Gasteiger partial charge in [-0.2, -0.15) is 0 Å². The predicted octanol–water partition coefficient (Wildman–Crippen LogP) is 0.341. The number of carbonyl (C=O) groups excluding carboxylic acids is 2. The fraction of sp³-hybridized carbons (Fsp3) is 0.588. The monoisotopic (exact) mass is 316 g/mol. The average Bonchev–Trinajstić information content (AvgIpc) is 3.36. The highest BCUT2D eigenvalue weighted by Crippen LogP contribution is 2.30. The second-order valence-electron chi connectivity index (χ2n) is 6.36. The number of amides is 2. The van der Waals surface area contributed by atoms with Crippen molar-refractivity contribution in [2.24, 2.45) is 5.92 Å². The van der Waals surface area contributed by atoms with E-state index in [1.807, 2.05) is 23.1 Å². The molecule has 124 valence electrons. The minimum Gasteiger partial charge on any atom is -0.356 e. The minimum atomic E-state index is -0.377. The first kappa shape index (κ1) is 15.9. The Bertz CT molecular complexity index is 545. The van der Waals surface area contributed by atoms with E-state index < -0.39 is 0 Å². The molecule has 2 fully saturated rings. The summed E-state index contributed by atoms with van der Waals surface area (Å²) in [6.07, 6.45) is 5.12. The van der Waals surface area contributed by atoms with Gasteiger partial charge < -0.3 is 15.5 Å². The van der Waals surface area contributed by atoms with Crippen molar-refractivity contribution in [3.63, 3.8) is 0 Å². The molecule has 6 heteroatoms. The van der Waals surface area contributed by atoms with E-state index in [0.29, 0.717) is 18.9 Å². The molecule has 1 aliphatic carbocycles. The molecular formula is C17H24N4O2. The summed E-state index contributed by atoms with van der Waals surface area (Å²) in [7, 11) is 0. The van der Waals surface area contributed by atoms with Crippen molar-refractivity contribution in [2.75, 3.05) is 26.2 Å². The molecule has 1 atom stereocenters. The van der Waals surface area contributed by atoms with Crippen LogP contribution in [0, 0.1) is 5.92 Å². The van der Waals surface area contributed by atoms with Crippen LogP contribution < -0.4 is 10.6 Å². The highest BCUT2D eigenvalue weighted by atomic mass is 16.2. The Hall–Kier alpha value is -1.95. The van der Waals surface area contributed by atoms with Gasteiger partial charge in [-0.05, 0) is 30.9 Å². The van der Waals surface area contributed by atoms with E-state index in [9.17, 15) is 9.59 Å². The second-order valence-corrected chi connectivity index (χ2v) is 6.36. The lowest BCUT2D eigenvalue weighted by Crippen LogP contribution is -2.56. The first-order chi connectivity index (χ1) is 11.2. The molecule has 2 N–H and O–H groups in total. The first-order valence-corrected chi connectivity index (χ1v) is 8.41. The van der Waals surface area contributed by atoms with Crippen LogP contribution >= 0.6 is 0 Å². The highest BCUT2D eigenvalue weighted by molar-refractivity contribution is 5.88. The molecular weight excluding hydrogens is 292 g/mol. The normalized spacial score (nSPS) is 21.3. The number of aromatic nitrogens is 1. The summed E-state index contributed by atoms with van der Waals surface area (Å²) in [6, 6.07) is 5.37. The summed E-state index contributed by atoms with van der Waals surface area (Å²) >= 11 is 0. The van der Waals surface area contributed by atoms with Gasteiger partial charge in [0.1, 0.15) is 0 Å². The smallest absolute Gasteiger partial charge is 0.240 e. The van der Waals surface area contributed by atoms with Gasteiger partial charge in [-0.15, -0.1) is 0 Å². The van der Waals surface area contributed by atoms with Crippen LogP contribution in [0.3, 0.4) is 0 Å². The van der Waals surface area contributed by atoms with E-state index in [1.165, 1.54) is 12.8 Å². The topological polar surface area (TPSA) is 74.3 Å². The quantitative estimate of drug-likeness (QED) is 0.761. The van der Waals surface area contributed by atoms with Gasteiger partial charge in [0.25, 0.3) is 0 Å². The highest BCUT2D eigenvalue weighted by Gasteiger charge is 2.33. The molecule has 1 saturated heterocycles. The van der Waals surface area contributed by atoms with Crippen molar-refractivity contribution < 1.29 is 9.59 Å². The zero-order chi connectivity index (χ0) is 16.1. The van der Waals surface area contributed by atoms with Crippen LogP contribution in [0.2, 0.25) is 0 Å². The number of hydrogen-bond acceptors (Lipinski definition) is 4. The minimum absolute atomic E-state index is 0.0722. The number of piperazine rings is 1. The Kier molecular flexibility index (Phi) is 5.23. The van der Waals surface area contributed by atoms with Crippen LogP contribution in [0.15, 0.2) is 24.4 Å². The predicted molar refractivity (Wildman–Crippen MR) is 86.7 cm³/mol. The van der Waals surface area contributed by atoms with Crippen molar-refractivity contribution in [2.45, 2.75) is 31.7 Å². The number of carbonyl (C=O) groups is 2. The van der Waals surface area contributed by atoms with Crippen LogP contribution in [-0.4, -0.2) is 53.9 Å². The van der Waals surface area contributed by atoms with Crippen molar-refractivity contribution in [1.82, 2.24) is 20.5 Å². The van der Waals surface area contributed by atoms with E-state index in [-0.39, 0.29) is 24.3 Å². The average molecular weight is 316 g/mol. The maximum absolute atomic E-state index is 12.4. The lowest BCUT2D eigenvalue weighted by atomic mass is 10.1. The zero-order valence-electron chi connectivity index (χ0n) is 13.3. The van der Waals surface area contributed by atoms with Crippen LogP contribution in [0.25, 0.3) is 0 Å². The molecule has 2 amide bonds.